The number of hydrogen-bond donors (Lipinski definition) is 0. The Hall–Kier alpha value is -2.49. The van der Waals surface area contributed by atoms with Crippen LogP contribution in [0.4, 0.5) is 0 Å². The van der Waals surface area contributed by atoms with Gasteiger partial charge in [-0.05, 0) is 51.4 Å². The highest BCUT2D eigenvalue weighted by Gasteiger charge is 2.22. The van der Waals surface area contributed by atoms with Gasteiger partial charge in [0.25, 0.3) is 0 Å². The third kappa shape index (κ3) is 71.0. The fraction of sp³-hybridized carbons (Fsp3) is 0.886. The molecular formula is C79H149NO8. The van der Waals surface area contributed by atoms with E-state index in [9.17, 15) is 19.5 Å². The third-order valence-electron chi connectivity index (χ3n) is 17.6. The van der Waals surface area contributed by atoms with E-state index < -0.39 is 24.3 Å². The van der Waals surface area contributed by atoms with Gasteiger partial charge in [-0.3, -0.25) is 9.59 Å². The molecule has 0 rings (SSSR count). The summed E-state index contributed by atoms with van der Waals surface area (Å²) in [5.74, 6) is -2.26. The number of unbranched alkanes of at least 4 members (excludes halogenated alkanes) is 52. The van der Waals surface area contributed by atoms with E-state index in [1.54, 1.807) is 0 Å². The summed E-state index contributed by atoms with van der Waals surface area (Å²) >= 11 is 0. The molecule has 0 spiro atoms. The number of nitrogens with zero attached hydrogens (tertiary/aromatic N) is 1. The zero-order valence-electron chi connectivity index (χ0n) is 59.4. The molecule has 2 atom stereocenters. The molecule has 0 aliphatic heterocycles. The van der Waals surface area contributed by atoms with E-state index in [2.05, 4.69) is 50.3 Å². The first-order valence-corrected chi connectivity index (χ1v) is 38.6. The van der Waals surface area contributed by atoms with E-state index in [0.29, 0.717) is 23.9 Å². The topological polar surface area (TPSA) is 111 Å². The highest BCUT2D eigenvalue weighted by Crippen LogP contribution is 2.20. The normalized spacial score (nSPS) is 12.8. The first kappa shape index (κ1) is 85.5. The molecule has 2 unspecified atom stereocenters. The lowest BCUT2D eigenvalue weighted by Crippen LogP contribution is -2.44. The Morgan fingerprint density at radius 3 is 0.909 bits per heavy atom. The van der Waals surface area contributed by atoms with E-state index in [1.807, 2.05) is 21.1 Å². The summed E-state index contributed by atoms with van der Waals surface area (Å²) in [5.41, 5.74) is 0. The second kappa shape index (κ2) is 70.4. The van der Waals surface area contributed by atoms with Gasteiger partial charge in [-0.15, -0.1) is 0 Å². The summed E-state index contributed by atoms with van der Waals surface area (Å²) in [4.78, 5) is 37.5. The predicted molar refractivity (Wildman–Crippen MR) is 376 cm³/mol. The molecule has 0 fully saturated rings. The molecule has 0 bridgehead atoms. The number of likely N-dealkylation sites (N-methyl/N-ethyl adjacent to an activating group) is 1. The number of esters is 2. The van der Waals surface area contributed by atoms with Crippen LogP contribution in [-0.4, -0.2) is 82.3 Å². The number of hydrogen-bond acceptors (Lipinski definition) is 8. The van der Waals surface area contributed by atoms with Gasteiger partial charge in [0.15, 0.2) is 12.4 Å². The molecule has 0 aliphatic carbocycles. The highest BCUT2D eigenvalue weighted by atomic mass is 16.7. The average Bonchev–Trinajstić information content (AvgIpc) is 3.54. The number of rotatable bonds is 73. The fourth-order valence-corrected chi connectivity index (χ4v) is 11.7. The maximum absolute atomic E-state index is 12.9. The predicted octanol–water partition coefficient (Wildman–Crippen LogP) is 23.0. The molecule has 0 radical (unpaired) electrons. The number of quaternary nitrogens is 1. The maximum atomic E-state index is 12.9. The van der Waals surface area contributed by atoms with Gasteiger partial charge in [-0.25, -0.2) is 0 Å². The van der Waals surface area contributed by atoms with E-state index >= 15 is 0 Å². The number of carboxylic acids is 1. The molecule has 0 amide bonds. The minimum absolute atomic E-state index is 0.149. The quantitative estimate of drug-likeness (QED) is 0.0195. The van der Waals surface area contributed by atoms with Crippen molar-refractivity contribution < 1.29 is 42.9 Å². The number of carbonyl (C=O) groups excluding carboxylic acids is 3. The molecular weight excluding hydrogens is 1090 g/mol. The van der Waals surface area contributed by atoms with Crippen LogP contribution >= 0.6 is 0 Å². The van der Waals surface area contributed by atoms with Crippen LogP contribution in [0.5, 0.6) is 0 Å². The van der Waals surface area contributed by atoms with Gasteiger partial charge in [-0.2, -0.15) is 0 Å². The third-order valence-corrected chi connectivity index (χ3v) is 17.6. The molecule has 88 heavy (non-hydrogen) atoms. The maximum Gasteiger partial charge on any atom is 0.306 e. The van der Waals surface area contributed by atoms with Gasteiger partial charge < -0.3 is 33.3 Å². The smallest absolute Gasteiger partial charge is 0.306 e. The van der Waals surface area contributed by atoms with Crippen LogP contribution < -0.4 is 5.11 Å². The monoisotopic (exact) mass is 1240 g/mol. The molecule has 0 N–H and O–H groups in total. The second-order valence-electron chi connectivity index (χ2n) is 27.7. The number of ether oxygens (including phenoxy) is 4. The van der Waals surface area contributed by atoms with Crippen molar-refractivity contribution in [3.8, 4) is 0 Å². The molecule has 0 aromatic carbocycles. The summed E-state index contributed by atoms with van der Waals surface area (Å²) in [6.45, 7) is 4.81. The Labute approximate surface area is 547 Å². The first-order valence-electron chi connectivity index (χ1n) is 38.6. The molecule has 9 heteroatoms. The van der Waals surface area contributed by atoms with Crippen LogP contribution in [0.3, 0.4) is 0 Å². The van der Waals surface area contributed by atoms with Crippen LogP contribution in [0.25, 0.3) is 0 Å². The van der Waals surface area contributed by atoms with Crippen molar-refractivity contribution in [1.29, 1.82) is 0 Å². The Morgan fingerprint density at radius 1 is 0.341 bits per heavy atom. The highest BCUT2D eigenvalue weighted by molar-refractivity contribution is 5.70. The molecule has 0 aromatic rings. The Kier molecular flexibility index (Phi) is 68.4. The Morgan fingerprint density at radius 2 is 0.614 bits per heavy atom. The van der Waals surface area contributed by atoms with Crippen molar-refractivity contribution in [3.63, 3.8) is 0 Å². The van der Waals surface area contributed by atoms with Crippen molar-refractivity contribution in [2.24, 2.45) is 0 Å². The zero-order valence-corrected chi connectivity index (χ0v) is 59.4. The molecule has 0 saturated carbocycles. The summed E-state index contributed by atoms with van der Waals surface area (Å²) < 4.78 is 22.9. The summed E-state index contributed by atoms with van der Waals surface area (Å²) in [7, 11) is 5.95. The Bertz CT molecular complexity index is 1540. The van der Waals surface area contributed by atoms with E-state index in [-0.39, 0.29) is 32.2 Å². The van der Waals surface area contributed by atoms with Crippen molar-refractivity contribution in [2.45, 2.75) is 405 Å². The average molecular weight is 1240 g/mol. The van der Waals surface area contributed by atoms with E-state index in [1.165, 1.54) is 308 Å². The van der Waals surface area contributed by atoms with Crippen molar-refractivity contribution >= 4 is 17.9 Å². The van der Waals surface area contributed by atoms with Crippen molar-refractivity contribution in [2.75, 3.05) is 47.5 Å². The molecule has 0 aromatic heterocycles. The fourth-order valence-electron chi connectivity index (χ4n) is 11.7. The lowest BCUT2D eigenvalue weighted by Gasteiger charge is -2.26. The van der Waals surface area contributed by atoms with Crippen molar-refractivity contribution in [1.82, 2.24) is 0 Å². The minimum Gasteiger partial charge on any atom is -0.545 e. The Balaban J connectivity index is 3.98. The zero-order chi connectivity index (χ0) is 64.0. The van der Waals surface area contributed by atoms with E-state index in [0.717, 1.165) is 51.4 Å². The van der Waals surface area contributed by atoms with Crippen LogP contribution in [0.15, 0.2) is 36.5 Å². The van der Waals surface area contributed by atoms with Crippen molar-refractivity contribution in [3.05, 3.63) is 36.5 Å². The molecule has 0 aliphatic rings. The standard InChI is InChI=1S/C79H149NO8/c1-6-8-10-12-14-16-18-20-22-24-26-28-30-32-34-35-36-37-38-39-40-41-42-44-45-47-49-51-53-55-57-59-61-63-65-67-69-76(81)86-73-75(74-87-79(78(83)84)85-72-71-80(3,4)5)88-77(82)70-68-66-64-62-60-58-56-54-52-50-48-46-43-33-31-29-27-25-23-21-19-17-15-13-11-9-7-2/h19,21,25,27,31,33,75,79H,6-18,20,22-24,26,28-30,32,34-74H2,1-5H3/b21-19-,27-25-,33-31-. The number of aliphatic carboxylic acids is 1. The summed E-state index contributed by atoms with van der Waals surface area (Å²) in [6, 6.07) is 0. The molecule has 518 valence electrons. The first-order chi connectivity index (χ1) is 43.1. The van der Waals surface area contributed by atoms with Crippen LogP contribution in [0.2, 0.25) is 0 Å². The second-order valence-corrected chi connectivity index (χ2v) is 27.7. The molecule has 9 nitrogen and oxygen atoms in total. The van der Waals surface area contributed by atoms with Gasteiger partial charge >= 0.3 is 11.9 Å². The van der Waals surface area contributed by atoms with E-state index in [4.69, 9.17) is 18.9 Å². The van der Waals surface area contributed by atoms with Gasteiger partial charge in [0.1, 0.15) is 13.2 Å². The van der Waals surface area contributed by atoms with Gasteiger partial charge in [0.2, 0.25) is 0 Å². The molecule has 0 heterocycles. The molecule has 0 saturated heterocycles. The van der Waals surface area contributed by atoms with Crippen LogP contribution in [-0.2, 0) is 33.3 Å². The number of allylic oxidation sites excluding steroid dienone is 6. The largest absolute Gasteiger partial charge is 0.545 e. The summed E-state index contributed by atoms with van der Waals surface area (Å²) in [5, 5.41) is 11.8. The number of carbonyl (C=O) groups is 3. The lowest BCUT2D eigenvalue weighted by atomic mass is 10.0. The number of carboxylic acid groups (broad SMARTS) is 1. The SMILES string of the molecule is CCCCCCC/C=C\C/C=C\C/C=C\CCCCCCCCCCCCCCC(=O)OC(COC(=O)CCCCCCCCCCCCCCCCCCCCCCCCCCCCCCCCCCCCCC)COC(OCC[N+](C)(C)C)C(=O)[O-]. The lowest BCUT2D eigenvalue weighted by molar-refractivity contribution is -0.870. The van der Waals surface area contributed by atoms with Gasteiger partial charge in [0.05, 0.1) is 40.3 Å². The van der Waals surface area contributed by atoms with Crippen LogP contribution in [0.1, 0.15) is 393 Å². The van der Waals surface area contributed by atoms with Crippen LogP contribution in [0, 0.1) is 0 Å². The summed E-state index contributed by atoms with van der Waals surface area (Å²) in [6.07, 6.45) is 86.9. The van der Waals surface area contributed by atoms with Gasteiger partial charge in [0, 0.05) is 12.8 Å². The minimum atomic E-state index is -1.62. The van der Waals surface area contributed by atoms with Gasteiger partial charge in [-0.1, -0.05) is 365 Å².